The van der Waals surface area contributed by atoms with Gasteiger partial charge < -0.3 is 19.3 Å². The number of methoxy groups -OCH3 is 1. The molecule has 0 aliphatic heterocycles. The summed E-state index contributed by atoms with van der Waals surface area (Å²) in [7, 11) is 1.66. The van der Waals surface area contributed by atoms with Gasteiger partial charge in [-0.05, 0) is 92.9 Å². The Morgan fingerprint density at radius 3 is 2.63 bits per heavy atom. The van der Waals surface area contributed by atoms with Crippen molar-refractivity contribution in [2.45, 2.75) is 51.6 Å². The highest BCUT2D eigenvalue weighted by Gasteiger charge is 2.41. The van der Waals surface area contributed by atoms with E-state index in [0.717, 1.165) is 26.9 Å². The average Bonchev–Trinajstić information content (AvgIpc) is 3.01. The molecule has 1 unspecified atom stereocenters. The summed E-state index contributed by atoms with van der Waals surface area (Å²) < 4.78 is 18.2. The number of rotatable bonds is 7. The van der Waals surface area contributed by atoms with Gasteiger partial charge in [0, 0.05) is 5.56 Å². The minimum Gasteiger partial charge on any atom is -0.496 e. The number of carbonyl (C=O) groups excluding carboxylic acids is 1. The van der Waals surface area contributed by atoms with Gasteiger partial charge in [-0.15, -0.1) is 0 Å². The zero-order chi connectivity index (χ0) is 22.1. The van der Waals surface area contributed by atoms with Crippen LogP contribution in [0.5, 0.6) is 17.2 Å². The van der Waals surface area contributed by atoms with Crippen LogP contribution in [0.4, 0.5) is 0 Å². The highest BCUT2D eigenvalue weighted by Crippen LogP contribution is 2.49. The maximum absolute atomic E-state index is 12.0. The van der Waals surface area contributed by atoms with E-state index < -0.39 is 11.6 Å². The zero-order valence-electron chi connectivity index (χ0n) is 17.6. The van der Waals surface area contributed by atoms with Crippen molar-refractivity contribution in [2.75, 3.05) is 13.7 Å². The Hall–Kier alpha value is -1.57. The molecule has 0 amide bonds. The molecular formula is C23H26Br2O5. The molecule has 1 atom stereocenters. The molecule has 7 heteroatoms. The smallest absolute Gasteiger partial charge is 0.309 e. The molecule has 30 heavy (non-hydrogen) atoms. The molecular weight excluding hydrogens is 516 g/mol. The fraction of sp³-hybridized carbons (Fsp3) is 0.435. The molecule has 3 rings (SSSR count). The molecule has 1 aliphatic rings. The van der Waals surface area contributed by atoms with Crippen molar-refractivity contribution in [3.8, 4) is 17.2 Å². The van der Waals surface area contributed by atoms with Gasteiger partial charge in [0.15, 0.2) is 5.75 Å². The van der Waals surface area contributed by atoms with Crippen LogP contribution in [0.25, 0.3) is 0 Å². The Morgan fingerprint density at radius 2 is 2.00 bits per heavy atom. The van der Waals surface area contributed by atoms with Gasteiger partial charge in [0.2, 0.25) is 0 Å². The minimum atomic E-state index is -1.24. The number of fused-ring (bicyclic) bond motifs is 1. The summed E-state index contributed by atoms with van der Waals surface area (Å²) in [5, 5.41) is 11.1. The van der Waals surface area contributed by atoms with E-state index in [1.807, 2.05) is 24.3 Å². The summed E-state index contributed by atoms with van der Waals surface area (Å²) in [6.07, 6.45) is 1.02. The quantitative estimate of drug-likeness (QED) is 0.421. The summed E-state index contributed by atoms with van der Waals surface area (Å²) in [6.45, 7) is 6.26. The van der Waals surface area contributed by atoms with Crippen LogP contribution < -0.4 is 9.47 Å². The highest BCUT2D eigenvalue weighted by molar-refractivity contribution is 9.11. The molecule has 0 saturated heterocycles. The second-order valence-electron chi connectivity index (χ2n) is 7.70. The topological polar surface area (TPSA) is 65.0 Å². The van der Waals surface area contributed by atoms with Crippen LogP contribution in [0.3, 0.4) is 0 Å². The van der Waals surface area contributed by atoms with Crippen molar-refractivity contribution in [1.29, 1.82) is 0 Å². The van der Waals surface area contributed by atoms with Crippen molar-refractivity contribution >= 4 is 37.8 Å². The first-order chi connectivity index (χ1) is 14.2. The molecule has 2 aromatic carbocycles. The first-order valence-electron chi connectivity index (χ1n) is 9.95. The number of ether oxygens (including phenoxy) is 3. The summed E-state index contributed by atoms with van der Waals surface area (Å²) in [5.74, 6) is 2.04. The third kappa shape index (κ3) is 4.53. The second kappa shape index (κ2) is 9.28. The predicted octanol–water partition coefficient (Wildman–Crippen LogP) is 6.22. The van der Waals surface area contributed by atoms with Crippen molar-refractivity contribution in [3.05, 3.63) is 49.9 Å². The summed E-state index contributed by atoms with van der Waals surface area (Å²) in [6, 6.07) is 7.59. The van der Waals surface area contributed by atoms with Crippen molar-refractivity contribution in [1.82, 2.24) is 0 Å². The van der Waals surface area contributed by atoms with E-state index in [1.54, 1.807) is 14.0 Å². The van der Waals surface area contributed by atoms with Gasteiger partial charge >= 0.3 is 5.97 Å². The van der Waals surface area contributed by atoms with E-state index in [1.165, 1.54) is 0 Å². The van der Waals surface area contributed by atoms with Crippen LogP contribution in [0.2, 0.25) is 0 Å². The van der Waals surface area contributed by atoms with Crippen molar-refractivity contribution in [2.24, 2.45) is 0 Å². The first-order valence-corrected chi connectivity index (χ1v) is 11.5. The van der Waals surface area contributed by atoms with Crippen LogP contribution >= 0.6 is 31.9 Å². The molecule has 1 aliphatic carbocycles. The molecule has 162 valence electrons. The number of esters is 1. The van der Waals surface area contributed by atoms with E-state index >= 15 is 0 Å². The SMILES string of the molecule is CCOC(=O)CC1(O)CCc2c1cc(Br)c(Oc1ccc(OC)c(C(C)C)c1)c2Br. The molecule has 0 heterocycles. The predicted molar refractivity (Wildman–Crippen MR) is 122 cm³/mol. The number of hydrogen-bond donors (Lipinski definition) is 1. The van der Waals surface area contributed by atoms with E-state index in [0.29, 0.717) is 35.4 Å². The van der Waals surface area contributed by atoms with Crippen LogP contribution in [0.15, 0.2) is 33.2 Å². The van der Waals surface area contributed by atoms with E-state index in [-0.39, 0.29) is 12.3 Å². The van der Waals surface area contributed by atoms with Gasteiger partial charge in [-0.25, -0.2) is 0 Å². The Bertz CT molecular complexity index is 957. The molecule has 0 aromatic heterocycles. The third-order valence-electron chi connectivity index (χ3n) is 5.35. The van der Waals surface area contributed by atoms with Crippen molar-refractivity contribution in [3.63, 3.8) is 0 Å². The Labute approximate surface area is 194 Å². The van der Waals surface area contributed by atoms with E-state index in [2.05, 4.69) is 45.7 Å². The second-order valence-corrected chi connectivity index (χ2v) is 9.35. The van der Waals surface area contributed by atoms with E-state index in [4.69, 9.17) is 14.2 Å². The number of halogens is 2. The summed E-state index contributed by atoms with van der Waals surface area (Å²) in [4.78, 5) is 12.0. The zero-order valence-corrected chi connectivity index (χ0v) is 20.7. The van der Waals surface area contributed by atoms with Gasteiger partial charge in [0.1, 0.15) is 17.1 Å². The number of aliphatic hydroxyl groups is 1. The van der Waals surface area contributed by atoms with Gasteiger partial charge in [0.25, 0.3) is 0 Å². The van der Waals surface area contributed by atoms with Gasteiger partial charge in [-0.3, -0.25) is 4.79 Å². The molecule has 0 spiro atoms. The molecule has 5 nitrogen and oxygen atoms in total. The number of carbonyl (C=O) groups is 1. The first kappa shape index (κ1) is 23.1. The fourth-order valence-electron chi connectivity index (χ4n) is 3.84. The van der Waals surface area contributed by atoms with Crippen LogP contribution in [-0.2, 0) is 21.6 Å². The molecule has 0 fully saturated rings. The lowest BCUT2D eigenvalue weighted by Crippen LogP contribution is -2.27. The van der Waals surface area contributed by atoms with Gasteiger partial charge in [-0.2, -0.15) is 0 Å². The normalized spacial score (nSPS) is 17.7. The van der Waals surface area contributed by atoms with Crippen LogP contribution in [0.1, 0.15) is 56.2 Å². The standard InChI is InChI=1S/C23H26Br2O5/c1-5-29-20(26)12-23(27)9-8-15-17(23)11-18(24)22(21(15)25)30-14-6-7-19(28-4)16(10-14)13(2)3/h6-7,10-11,13,27H,5,8-9,12H2,1-4H3. The maximum atomic E-state index is 12.0. The largest absolute Gasteiger partial charge is 0.496 e. The average molecular weight is 542 g/mol. The summed E-state index contributed by atoms with van der Waals surface area (Å²) in [5.41, 5.74) is 1.49. The molecule has 0 radical (unpaired) electrons. The molecule has 1 N–H and O–H groups in total. The Balaban J connectivity index is 1.95. The molecule has 0 saturated carbocycles. The Kier molecular flexibility index (Phi) is 7.15. The van der Waals surface area contributed by atoms with Crippen LogP contribution in [-0.4, -0.2) is 24.8 Å². The monoisotopic (exact) mass is 540 g/mol. The lowest BCUT2D eigenvalue weighted by atomic mass is 9.92. The Morgan fingerprint density at radius 1 is 1.27 bits per heavy atom. The van der Waals surface area contributed by atoms with Gasteiger partial charge in [0.05, 0.1) is 29.1 Å². The third-order valence-corrected chi connectivity index (χ3v) is 6.78. The number of hydrogen-bond acceptors (Lipinski definition) is 5. The molecule has 2 aromatic rings. The van der Waals surface area contributed by atoms with E-state index in [9.17, 15) is 9.90 Å². The highest BCUT2D eigenvalue weighted by atomic mass is 79.9. The van der Waals surface area contributed by atoms with Crippen LogP contribution in [0, 0.1) is 0 Å². The fourth-order valence-corrected chi connectivity index (χ4v) is 5.32. The van der Waals surface area contributed by atoms with Gasteiger partial charge in [-0.1, -0.05) is 13.8 Å². The van der Waals surface area contributed by atoms with Crippen molar-refractivity contribution < 1.29 is 24.1 Å². The lowest BCUT2D eigenvalue weighted by Gasteiger charge is -2.24. The number of benzene rings is 2. The summed E-state index contributed by atoms with van der Waals surface area (Å²) >= 11 is 7.23. The minimum absolute atomic E-state index is 0.0663. The molecule has 0 bridgehead atoms. The maximum Gasteiger partial charge on any atom is 0.309 e. The lowest BCUT2D eigenvalue weighted by molar-refractivity contribution is -0.149.